The molecule has 1 heterocycles. The smallest absolute Gasteiger partial charge is 0.293 e. The van der Waals surface area contributed by atoms with Gasteiger partial charge < -0.3 is 4.90 Å². The third kappa shape index (κ3) is 4.62. The first-order valence-corrected chi connectivity index (χ1v) is 10.5. The molecule has 1 fully saturated rings. The first-order chi connectivity index (χ1) is 13.0. The Morgan fingerprint density at radius 1 is 1.07 bits per heavy atom. The largest absolute Gasteiger partial charge is 0.372 e. The minimum atomic E-state index is -0.238. The van der Waals surface area contributed by atoms with Gasteiger partial charge >= 0.3 is 0 Å². The highest BCUT2D eigenvalue weighted by atomic mass is 79.9. The Labute approximate surface area is 172 Å². The van der Waals surface area contributed by atoms with E-state index in [-0.39, 0.29) is 17.7 Å². The van der Waals surface area contributed by atoms with E-state index >= 15 is 0 Å². The van der Waals surface area contributed by atoms with Crippen LogP contribution in [0.25, 0.3) is 6.08 Å². The molecule has 1 saturated heterocycles. The van der Waals surface area contributed by atoms with Crippen LogP contribution in [0.3, 0.4) is 0 Å². The van der Waals surface area contributed by atoms with Crippen molar-refractivity contribution < 1.29 is 9.59 Å². The number of anilines is 1. The van der Waals surface area contributed by atoms with Crippen LogP contribution in [0.1, 0.15) is 25.0 Å². The fraction of sp³-hybridized carbons (Fsp3) is 0.238. The Morgan fingerprint density at radius 3 is 2.41 bits per heavy atom. The van der Waals surface area contributed by atoms with E-state index in [4.69, 9.17) is 0 Å². The molecule has 3 rings (SSSR count). The number of carbonyl (C=O) groups is 2. The van der Waals surface area contributed by atoms with Crippen LogP contribution >= 0.6 is 27.7 Å². The molecule has 2 aromatic rings. The number of halogens is 1. The van der Waals surface area contributed by atoms with Gasteiger partial charge in [-0.25, -0.2) is 0 Å². The SMILES string of the molecule is CCN(CC)c1ccc(/C=C2/SC(=O)N(Cc3cccc(Br)c3)C2=O)cc1. The van der Waals surface area contributed by atoms with E-state index in [2.05, 4.69) is 34.7 Å². The molecule has 0 unspecified atom stereocenters. The molecule has 2 amide bonds. The maximum absolute atomic E-state index is 12.7. The van der Waals surface area contributed by atoms with Gasteiger partial charge in [0.2, 0.25) is 0 Å². The fourth-order valence-corrected chi connectivity index (χ4v) is 4.26. The normalized spacial score (nSPS) is 15.7. The summed E-state index contributed by atoms with van der Waals surface area (Å²) in [7, 11) is 0. The molecule has 0 bridgehead atoms. The van der Waals surface area contributed by atoms with Crippen LogP contribution < -0.4 is 4.90 Å². The Balaban J connectivity index is 1.76. The van der Waals surface area contributed by atoms with Crippen molar-refractivity contribution in [3.8, 4) is 0 Å². The lowest BCUT2D eigenvalue weighted by Gasteiger charge is -2.20. The zero-order valence-electron chi connectivity index (χ0n) is 15.3. The van der Waals surface area contributed by atoms with Gasteiger partial charge in [-0.05, 0) is 67.1 Å². The molecule has 6 heteroatoms. The molecular weight excluding hydrogens is 424 g/mol. The number of imide groups is 1. The van der Waals surface area contributed by atoms with E-state index in [1.54, 1.807) is 6.08 Å². The molecule has 0 aliphatic carbocycles. The Morgan fingerprint density at radius 2 is 1.78 bits per heavy atom. The second-order valence-electron chi connectivity index (χ2n) is 6.16. The molecule has 0 aromatic heterocycles. The van der Waals surface area contributed by atoms with E-state index in [0.717, 1.165) is 46.1 Å². The number of rotatable bonds is 6. The van der Waals surface area contributed by atoms with Crippen LogP contribution in [0.4, 0.5) is 10.5 Å². The standard InChI is InChI=1S/C21H21BrN2O2S/c1-3-23(4-2)18-10-8-15(9-11-18)13-19-20(25)24(21(26)27-19)14-16-6-5-7-17(22)12-16/h5-13H,3-4,14H2,1-2H3/b19-13+. The molecule has 0 radical (unpaired) electrons. The quantitative estimate of drug-likeness (QED) is 0.548. The van der Waals surface area contributed by atoms with Gasteiger partial charge in [0.25, 0.3) is 11.1 Å². The second-order valence-corrected chi connectivity index (χ2v) is 8.07. The van der Waals surface area contributed by atoms with Crippen molar-refractivity contribution in [2.75, 3.05) is 18.0 Å². The summed E-state index contributed by atoms with van der Waals surface area (Å²) in [6.45, 7) is 6.43. The maximum Gasteiger partial charge on any atom is 0.293 e. The number of nitrogens with zero attached hydrogens (tertiary/aromatic N) is 2. The summed E-state index contributed by atoms with van der Waals surface area (Å²) >= 11 is 4.41. The average molecular weight is 445 g/mol. The van der Waals surface area contributed by atoms with Crippen LogP contribution in [0.2, 0.25) is 0 Å². The lowest BCUT2D eigenvalue weighted by molar-refractivity contribution is -0.123. The van der Waals surface area contributed by atoms with Gasteiger partial charge in [-0.1, -0.05) is 40.2 Å². The van der Waals surface area contributed by atoms with Crippen molar-refractivity contribution in [3.05, 3.63) is 69.0 Å². The van der Waals surface area contributed by atoms with Gasteiger partial charge in [0, 0.05) is 23.2 Å². The summed E-state index contributed by atoms with van der Waals surface area (Å²) in [6.07, 6.45) is 1.79. The molecule has 2 aromatic carbocycles. The molecular formula is C21H21BrN2O2S. The summed E-state index contributed by atoms with van der Waals surface area (Å²) in [5.74, 6) is -0.238. The first-order valence-electron chi connectivity index (χ1n) is 8.86. The average Bonchev–Trinajstić information content (AvgIpc) is 2.91. The summed E-state index contributed by atoms with van der Waals surface area (Å²) in [5, 5.41) is -0.231. The van der Waals surface area contributed by atoms with Gasteiger partial charge in [-0.15, -0.1) is 0 Å². The molecule has 4 nitrogen and oxygen atoms in total. The van der Waals surface area contributed by atoms with Crippen LogP contribution in [-0.2, 0) is 11.3 Å². The second kappa shape index (κ2) is 8.76. The number of amides is 2. The lowest BCUT2D eigenvalue weighted by Crippen LogP contribution is -2.27. The van der Waals surface area contributed by atoms with Crippen molar-refractivity contribution >= 4 is 50.6 Å². The van der Waals surface area contributed by atoms with Crippen molar-refractivity contribution in [2.24, 2.45) is 0 Å². The molecule has 1 aliphatic heterocycles. The highest BCUT2D eigenvalue weighted by Crippen LogP contribution is 2.33. The lowest BCUT2D eigenvalue weighted by atomic mass is 10.1. The van der Waals surface area contributed by atoms with E-state index in [1.165, 1.54) is 4.90 Å². The van der Waals surface area contributed by atoms with Crippen molar-refractivity contribution in [2.45, 2.75) is 20.4 Å². The summed E-state index contributed by atoms with van der Waals surface area (Å²) in [5.41, 5.74) is 2.98. The number of benzene rings is 2. The predicted octanol–water partition coefficient (Wildman–Crippen LogP) is 5.53. The molecule has 1 aliphatic rings. The van der Waals surface area contributed by atoms with Crippen LogP contribution in [0.5, 0.6) is 0 Å². The number of thioether (sulfide) groups is 1. The van der Waals surface area contributed by atoms with Crippen LogP contribution in [0, 0.1) is 0 Å². The van der Waals surface area contributed by atoms with Gasteiger partial charge in [-0.2, -0.15) is 0 Å². The minimum Gasteiger partial charge on any atom is -0.372 e. The van der Waals surface area contributed by atoms with Gasteiger partial charge in [0.15, 0.2) is 0 Å². The van der Waals surface area contributed by atoms with E-state index < -0.39 is 0 Å². The van der Waals surface area contributed by atoms with Crippen molar-refractivity contribution in [1.82, 2.24) is 4.90 Å². The topological polar surface area (TPSA) is 40.6 Å². The summed E-state index contributed by atoms with van der Waals surface area (Å²) < 4.78 is 0.927. The Hall–Kier alpha value is -2.05. The number of hydrogen-bond acceptors (Lipinski definition) is 4. The molecule has 140 valence electrons. The molecule has 0 spiro atoms. The van der Waals surface area contributed by atoms with E-state index in [9.17, 15) is 9.59 Å². The van der Waals surface area contributed by atoms with E-state index in [0.29, 0.717) is 4.91 Å². The number of hydrogen-bond donors (Lipinski definition) is 0. The summed E-state index contributed by atoms with van der Waals surface area (Å²) in [4.78, 5) is 29.0. The zero-order chi connectivity index (χ0) is 19.4. The first kappa shape index (κ1) is 19.7. The molecule has 0 atom stereocenters. The third-order valence-electron chi connectivity index (χ3n) is 4.42. The van der Waals surface area contributed by atoms with Crippen molar-refractivity contribution in [3.63, 3.8) is 0 Å². The third-order valence-corrected chi connectivity index (χ3v) is 5.82. The highest BCUT2D eigenvalue weighted by Gasteiger charge is 2.34. The van der Waals surface area contributed by atoms with E-state index in [1.807, 2.05) is 48.5 Å². The Bertz CT molecular complexity index is 876. The Kier molecular flexibility index (Phi) is 6.39. The number of carbonyl (C=O) groups excluding carboxylic acids is 2. The minimum absolute atomic E-state index is 0.231. The zero-order valence-corrected chi connectivity index (χ0v) is 17.7. The molecule has 27 heavy (non-hydrogen) atoms. The molecule has 0 N–H and O–H groups in total. The highest BCUT2D eigenvalue weighted by molar-refractivity contribution is 9.10. The fourth-order valence-electron chi connectivity index (χ4n) is 2.98. The van der Waals surface area contributed by atoms with Crippen LogP contribution in [0.15, 0.2) is 57.9 Å². The predicted molar refractivity (Wildman–Crippen MR) is 116 cm³/mol. The van der Waals surface area contributed by atoms with Crippen LogP contribution in [-0.4, -0.2) is 29.1 Å². The van der Waals surface area contributed by atoms with Gasteiger partial charge in [-0.3, -0.25) is 14.5 Å². The monoisotopic (exact) mass is 444 g/mol. The van der Waals surface area contributed by atoms with Crippen molar-refractivity contribution in [1.29, 1.82) is 0 Å². The summed E-state index contributed by atoms with van der Waals surface area (Å²) in [6, 6.07) is 15.7. The molecule has 0 saturated carbocycles. The van der Waals surface area contributed by atoms with Gasteiger partial charge in [0.1, 0.15) is 0 Å². The maximum atomic E-state index is 12.7. The van der Waals surface area contributed by atoms with Gasteiger partial charge in [0.05, 0.1) is 11.4 Å².